The Balaban J connectivity index is 1.04. The lowest BCUT2D eigenvalue weighted by Crippen LogP contribution is -2.60. The largest absolute Gasteiger partial charge is 0.508 e. The molecule has 36 heteroatoms. The molecule has 0 spiro atoms. The van der Waals surface area contributed by atoms with Crippen LogP contribution in [0.25, 0.3) is 0 Å². The van der Waals surface area contributed by atoms with Gasteiger partial charge in [0.1, 0.15) is 77.4 Å². The SMILES string of the molecule is CC(C)[C@H](NC(=O)[C@H](Cc1ccc(O)cc1)NC(=O)[C@@H]1CCCN1)C(=O)N[C@@H](C)C(=O)N[C@@H](Cc1c[nH]cn1)C(=O)NCC(=O)NCC(=O)N[C@@H](Cc1ccc(O)cc1)C(=O)N[C@@H](CO)C(=O)NCC(=O)N[C@@H](Cc1ccc(O)cc1)C(=O)N[C@@H](CCC(=O)O)C(=O)N[C@@H](Cc1ccc(O)cc1)C(=O)O. The van der Waals surface area contributed by atoms with Crippen molar-refractivity contribution in [1.29, 1.82) is 0 Å². The Morgan fingerprint density at radius 1 is 0.448 bits per heavy atom. The number of benzene rings is 4. The predicted molar refractivity (Wildman–Crippen MR) is 369 cm³/mol. The van der Waals surface area contributed by atoms with E-state index in [1.165, 1.54) is 104 Å². The zero-order valence-electron chi connectivity index (χ0n) is 57.4. The Kier molecular flexibility index (Phi) is 31.5. The number of phenolic OH excluding ortho intramolecular Hbond substituents is 4. The average molecular weight is 1460 g/mol. The third-order valence-corrected chi connectivity index (χ3v) is 16.4. The highest BCUT2D eigenvalue weighted by Gasteiger charge is 2.36. The molecule has 5 aromatic rings. The molecule has 10 atom stereocenters. The summed E-state index contributed by atoms with van der Waals surface area (Å²) >= 11 is 0. The molecular formula is C69H87N15O21. The Hall–Kier alpha value is -12.2. The second-order valence-electron chi connectivity index (χ2n) is 25.1. The Morgan fingerprint density at radius 2 is 0.857 bits per heavy atom. The first-order valence-electron chi connectivity index (χ1n) is 33.3. The monoisotopic (exact) mass is 1460 g/mol. The molecule has 1 saturated heterocycles. The third-order valence-electron chi connectivity index (χ3n) is 16.4. The van der Waals surface area contributed by atoms with E-state index in [0.717, 1.165) is 6.42 Å². The van der Waals surface area contributed by atoms with E-state index >= 15 is 0 Å². The van der Waals surface area contributed by atoms with Gasteiger partial charge in [-0.3, -0.25) is 62.3 Å². The summed E-state index contributed by atoms with van der Waals surface area (Å²) in [6.45, 7) is 1.59. The Bertz CT molecular complexity index is 3840. The van der Waals surface area contributed by atoms with Crippen molar-refractivity contribution in [2.75, 3.05) is 32.8 Å². The summed E-state index contributed by atoms with van der Waals surface area (Å²) < 4.78 is 0. The number of H-pyrrole nitrogens is 1. The summed E-state index contributed by atoms with van der Waals surface area (Å²) in [5.41, 5.74) is 1.95. The number of hydrogen-bond acceptors (Lipinski definition) is 21. The molecule has 105 heavy (non-hydrogen) atoms. The molecule has 1 fully saturated rings. The van der Waals surface area contributed by atoms with E-state index in [2.05, 4.69) is 79.1 Å². The fraction of sp³-hybridized carbons (Fsp3) is 0.406. The van der Waals surface area contributed by atoms with Crippen LogP contribution in [0.2, 0.25) is 0 Å². The molecule has 0 unspecified atom stereocenters. The van der Waals surface area contributed by atoms with Crippen LogP contribution in [-0.2, 0) is 99.2 Å². The van der Waals surface area contributed by atoms with E-state index < -0.39 is 188 Å². The van der Waals surface area contributed by atoms with Crippen molar-refractivity contribution in [3.63, 3.8) is 0 Å². The van der Waals surface area contributed by atoms with Crippen LogP contribution >= 0.6 is 0 Å². The minimum absolute atomic E-state index is 0.00151. The van der Waals surface area contributed by atoms with Crippen LogP contribution < -0.4 is 69.1 Å². The maximum atomic E-state index is 14.0. The van der Waals surface area contributed by atoms with Crippen LogP contribution in [0.5, 0.6) is 23.0 Å². The maximum Gasteiger partial charge on any atom is 0.326 e. The van der Waals surface area contributed by atoms with Crippen LogP contribution in [-0.4, -0.2) is 222 Å². The number of carbonyl (C=O) groups excluding carboxylic acids is 12. The number of imidazole rings is 1. The zero-order valence-corrected chi connectivity index (χ0v) is 57.4. The highest BCUT2D eigenvalue weighted by molar-refractivity contribution is 5.99. The number of aromatic nitrogens is 2. The van der Waals surface area contributed by atoms with Crippen LogP contribution in [0.4, 0.5) is 0 Å². The van der Waals surface area contributed by atoms with Crippen LogP contribution in [0, 0.1) is 5.92 Å². The van der Waals surface area contributed by atoms with Gasteiger partial charge in [0.15, 0.2) is 0 Å². The van der Waals surface area contributed by atoms with Crippen molar-refractivity contribution in [2.24, 2.45) is 5.92 Å². The van der Waals surface area contributed by atoms with Gasteiger partial charge in [-0.05, 0) is 109 Å². The lowest BCUT2D eigenvalue weighted by molar-refractivity contribution is -0.143. The van der Waals surface area contributed by atoms with Gasteiger partial charge in [0.2, 0.25) is 70.9 Å². The summed E-state index contributed by atoms with van der Waals surface area (Å²) in [7, 11) is 0. The zero-order chi connectivity index (χ0) is 76.9. The molecule has 1 aliphatic heterocycles. The summed E-state index contributed by atoms with van der Waals surface area (Å²) in [6, 6.07) is 8.05. The molecule has 2 heterocycles. The molecule has 564 valence electrons. The van der Waals surface area contributed by atoms with Gasteiger partial charge >= 0.3 is 11.9 Å². The van der Waals surface area contributed by atoms with Crippen molar-refractivity contribution >= 4 is 82.8 Å². The van der Waals surface area contributed by atoms with E-state index in [1.807, 2.05) is 0 Å². The van der Waals surface area contributed by atoms with E-state index in [0.29, 0.717) is 40.9 Å². The number of nitrogens with zero attached hydrogens (tertiary/aromatic N) is 1. The second kappa shape index (κ2) is 40.4. The fourth-order valence-corrected chi connectivity index (χ4v) is 10.6. The molecular weight excluding hydrogens is 1370 g/mol. The van der Waals surface area contributed by atoms with Gasteiger partial charge < -0.3 is 110 Å². The minimum atomic E-state index is -1.83. The van der Waals surface area contributed by atoms with E-state index in [4.69, 9.17) is 0 Å². The number of hydrogen-bond donors (Lipinski definition) is 21. The van der Waals surface area contributed by atoms with E-state index in [1.54, 1.807) is 26.0 Å². The van der Waals surface area contributed by atoms with Gasteiger partial charge in [0.05, 0.1) is 44.3 Å². The summed E-state index contributed by atoms with van der Waals surface area (Å²) in [5, 5.41) is 101. The fourth-order valence-electron chi connectivity index (χ4n) is 10.6. The van der Waals surface area contributed by atoms with Gasteiger partial charge in [0.25, 0.3) is 0 Å². The quantitative estimate of drug-likeness (QED) is 0.0177. The van der Waals surface area contributed by atoms with Gasteiger partial charge in [-0.25, -0.2) is 9.78 Å². The number of aliphatic hydroxyl groups excluding tert-OH is 1. The van der Waals surface area contributed by atoms with Crippen LogP contribution in [0.3, 0.4) is 0 Å². The molecule has 12 amide bonds. The number of phenols is 4. The number of carbonyl (C=O) groups is 14. The number of amides is 12. The van der Waals surface area contributed by atoms with Crippen LogP contribution in [0.1, 0.15) is 74.4 Å². The number of aliphatic hydroxyl groups is 1. The number of carboxylic acids is 2. The molecule has 36 nitrogen and oxygen atoms in total. The molecule has 1 aliphatic rings. The minimum Gasteiger partial charge on any atom is -0.508 e. The molecule has 1 aromatic heterocycles. The highest BCUT2D eigenvalue weighted by atomic mass is 16.4. The number of aliphatic carboxylic acids is 2. The third kappa shape index (κ3) is 27.6. The molecule has 0 bridgehead atoms. The predicted octanol–water partition coefficient (Wildman–Crippen LogP) is -4.17. The van der Waals surface area contributed by atoms with Crippen molar-refractivity contribution in [1.82, 2.24) is 79.1 Å². The normalized spacial score (nSPS) is 15.0. The van der Waals surface area contributed by atoms with E-state index in [-0.39, 0.29) is 55.1 Å². The Morgan fingerprint density at radius 3 is 1.30 bits per heavy atom. The Labute approximate surface area is 600 Å². The summed E-state index contributed by atoms with van der Waals surface area (Å²) in [4.78, 5) is 195. The number of nitrogens with one attached hydrogen (secondary N) is 14. The van der Waals surface area contributed by atoms with Gasteiger partial charge in [0, 0.05) is 44.7 Å². The first-order chi connectivity index (χ1) is 49.9. The molecule has 0 aliphatic carbocycles. The van der Waals surface area contributed by atoms with Crippen molar-refractivity contribution in [3.05, 3.63) is 138 Å². The number of carboxylic acid groups (broad SMARTS) is 2. The molecule has 0 radical (unpaired) electrons. The number of aromatic amines is 1. The van der Waals surface area contributed by atoms with Crippen LogP contribution in [0.15, 0.2) is 110 Å². The van der Waals surface area contributed by atoms with Crippen molar-refractivity contribution in [3.8, 4) is 23.0 Å². The van der Waals surface area contributed by atoms with Crippen molar-refractivity contribution < 1.29 is 103 Å². The standard InChI is InChI=1S/C69H87N15O21/c1-36(2)59(84-67(102)51(27-40-10-18-45(88)19-11-40)81-63(98)47-5-4-24-71-47)68(103)76-37(3)60(95)80-52(29-42-30-70-35-75-42)61(96)73-31-55(90)72-32-56(91)77-50(26-39-8-16-44(87)17-9-39)66(101)83-54(34-85)62(97)74-33-57(92)78-49(25-38-6-14-43(86)15-7-38)65(100)79-48(22-23-58(93)94)64(99)82-53(69(104)105)28-41-12-20-46(89)21-13-41/h6-21,30,35-37,47-54,59,71,85-89H,4-5,22-29,31-34H2,1-3H3,(H,70,75)(H,72,90)(H,73,96)(H,74,97)(H,76,103)(H,77,91)(H,78,92)(H,79,100)(H,80,95)(H,81,98)(H,82,99)(H,83,101)(H,84,102)(H,93,94)(H,104,105)/t37-,47-,48-,49-,50-,51-,52-,53-,54-,59-/m0/s1. The first kappa shape index (κ1) is 81.8. The maximum absolute atomic E-state index is 14.0. The molecule has 0 saturated carbocycles. The molecule has 6 rings (SSSR count). The summed E-state index contributed by atoms with van der Waals surface area (Å²) in [6.07, 6.45) is 1.61. The van der Waals surface area contributed by atoms with Gasteiger partial charge in [-0.15, -0.1) is 0 Å². The highest BCUT2D eigenvalue weighted by Crippen LogP contribution is 2.18. The first-order valence-corrected chi connectivity index (χ1v) is 33.3. The van der Waals surface area contributed by atoms with Gasteiger partial charge in [-0.1, -0.05) is 62.4 Å². The second-order valence-corrected chi connectivity index (χ2v) is 25.1. The molecule has 4 aromatic carbocycles. The lowest BCUT2D eigenvalue weighted by atomic mass is 10.00. The van der Waals surface area contributed by atoms with Gasteiger partial charge in [-0.2, -0.15) is 0 Å². The lowest BCUT2D eigenvalue weighted by Gasteiger charge is -2.27. The number of rotatable bonds is 40. The molecule has 21 N–H and O–H groups in total. The number of aromatic hydroxyl groups is 4. The topological polar surface area (TPSA) is 566 Å². The smallest absolute Gasteiger partial charge is 0.326 e. The van der Waals surface area contributed by atoms with E-state index in [9.17, 15) is 103 Å². The van der Waals surface area contributed by atoms with Crippen molar-refractivity contribution in [2.45, 2.75) is 139 Å². The summed E-state index contributed by atoms with van der Waals surface area (Å²) in [5.74, 6) is -15.0. The average Bonchev–Trinajstić information content (AvgIpc) is 1.76.